The summed E-state index contributed by atoms with van der Waals surface area (Å²) in [7, 11) is 1.51. The maximum absolute atomic E-state index is 12.6. The van der Waals surface area contributed by atoms with Crippen LogP contribution < -0.4 is 15.4 Å². The summed E-state index contributed by atoms with van der Waals surface area (Å²) >= 11 is 7.25. The number of benzene rings is 2. The third-order valence-corrected chi connectivity index (χ3v) is 5.48. The Labute approximate surface area is 189 Å². The highest BCUT2D eigenvalue weighted by atomic mass is 35.5. The van der Waals surface area contributed by atoms with Crippen LogP contribution in [0.15, 0.2) is 47.6 Å². The Morgan fingerprint density at radius 3 is 2.52 bits per heavy atom. The number of anilines is 2. The minimum Gasteiger partial charge on any atom is -0.495 e. The van der Waals surface area contributed by atoms with Gasteiger partial charge in [0, 0.05) is 29.7 Å². The van der Waals surface area contributed by atoms with E-state index in [-0.39, 0.29) is 17.6 Å². The maximum Gasteiger partial charge on any atom is 0.234 e. The summed E-state index contributed by atoms with van der Waals surface area (Å²) in [5, 5.41) is 15.3. The van der Waals surface area contributed by atoms with Gasteiger partial charge in [0.2, 0.25) is 11.8 Å². The minimum atomic E-state index is -0.234. The van der Waals surface area contributed by atoms with Crippen LogP contribution in [-0.4, -0.2) is 39.4 Å². The van der Waals surface area contributed by atoms with Gasteiger partial charge in [0.25, 0.3) is 0 Å². The molecule has 0 saturated carbocycles. The number of thioether (sulfide) groups is 1. The van der Waals surface area contributed by atoms with Gasteiger partial charge in [-0.2, -0.15) is 0 Å². The van der Waals surface area contributed by atoms with Gasteiger partial charge in [-0.3, -0.25) is 9.59 Å². The van der Waals surface area contributed by atoms with Crippen LogP contribution >= 0.6 is 23.4 Å². The van der Waals surface area contributed by atoms with Crippen molar-refractivity contribution in [3.05, 3.63) is 47.5 Å². The second-order valence-corrected chi connectivity index (χ2v) is 7.87. The zero-order chi connectivity index (χ0) is 22.4. The topological polar surface area (TPSA) is 98.1 Å². The first-order valence-corrected chi connectivity index (χ1v) is 10.8. The number of rotatable bonds is 8. The summed E-state index contributed by atoms with van der Waals surface area (Å²) in [4.78, 5) is 23.8. The lowest BCUT2D eigenvalue weighted by Gasteiger charge is -2.12. The minimum absolute atomic E-state index is 0.131. The van der Waals surface area contributed by atoms with E-state index in [2.05, 4.69) is 20.8 Å². The molecule has 0 bridgehead atoms. The number of nitrogens with zero attached hydrogens (tertiary/aromatic N) is 3. The van der Waals surface area contributed by atoms with E-state index in [4.69, 9.17) is 16.3 Å². The van der Waals surface area contributed by atoms with Crippen molar-refractivity contribution in [3.63, 3.8) is 0 Å². The van der Waals surface area contributed by atoms with Gasteiger partial charge in [-0.05, 0) is 49.4 Å². The fourth-order valence-corrected chi connectivity index (χ4v) is 3.82. The number of aromatic nitrogens is 3. The Morgan fingerprint density at radius 1 is 1.13 bits per heavy atom. The fraction of sp³-hybridized carbons (Fsp3) is 0.238. The van der Waals surface area contributed by atoms with Gasteiger partial charge in [0.05, 0.1) is 18.6 Å². The summed E-state index contributed by atoms with van der Waals surface area (Å²) in [6, 6.07) is 12.4. The molecule has 2 aromatic carbocycles. The molecule has 1 aromatic heterocycles. The smallest absolute Gasteiger partial charge is 0.234 e. The molecular formula is C21H22ClN5O3S. The van der Waals surface area contributed by atoms with Gasteiger partial charge in [0.15, 0.2) is 11.0 Å². The van der Waals surface area contributed by atoms with Crippen molar-refractivity contribution < 1.29 is 14.3 Å². The van der Waals surface area contributed by atoms with Crippen molar-refractivity contribution in [2.24, 2.45) is 0 Å². The molecule has 0 atom stereocenters. The first-order valence-electron chi connectivity index (χ1n) is 9.48. The number of nitrogens with one attached hydrogen (secondary N) is 2. The Hall–Kier alpha value is -3.04. The molecule has 0 saturated heterocycles. The first-order chi connectivity index (χ1) is 14.9. The van der Waals surface area contributed by atoms with E-state index in [9.17, 15) is 9.59 Å². The van der Waals surface area contributed by atoms with Crippen molar-refractivity contribution in [1.29, 1.82) is 0 Å². The molecule has 2 amide bonds. The van der Waals surface area contributed by atoms with Crippen LogP contribution in [0.5, 0.6) is 5.75 Å². The summed E-state index contributed by atoms with van der Waals surface area (Å²) in [6.07, 6.45) is 0. The highest BCUT2D eigenvalue weighted by Crippen LogP contribution is 2.29. The van der Waals surface area contributed by atoms with Crippen molar-refractivity contribution >= 4 is 46.6 Å². The highest BCUT2D eigenvalue weighted by molar-refractivity contribution is 7.99. The molecule has 0 radical (unpaired) electrons. The molecule has 0 spiro atoms. The molecule has 31 heavy (non-hydrogen) atoms. The van der Waals surface area contributed by atoms with Crippen molar-refractivity contribution in [1.82, 2.24) is 14.8 Å². The molecular weight excluding hydrogens is 438 g/mol. The van der Waals surface area contributed by atoms with Crippen LogP contribution in [0.25, 0.3) is 11.4 Å². The predicted octanol–water partition coefficient (Wildman–Crippen LogP) is 4.32. The standard InChI is InChI=1S/C21H22ClN5O3S/c1-4-27-20(14-5-7-15(22)8-6-14)25-26-21(27)31-12-19(29)24-17-11-16(23-13(2)28)9-10-18(17)30-3/h5-11H,4,12H2,1-3H3,(H,23,28)(H,24,29). The maximum atomic E-state index is 12.6. The molecule has 0 unspecified atom stereocenters. The van der Waals surface area contributed by atoms with Crippen LogP contribution in [0.4, 0.5) is 11.4 Å². The Bertz CT molecular complexity index is 1090. The lowest BCUT2D eigenvalue weighted by Crippen LogP contribution is -2.16. The van der Waals surface area contributed by atoms with E-state index >= 15 is 0 Å². The molecule has 0 aliphatic carbocycles. The number of carbonyl (C=O) groups excluding carboxylic acids is 2. The Morgan fingerprint density at radius 2 is 1.87 bits per heavy atom. The van der Waals surface area contributed by atoms with Crippen LogP contribution in [0.1, 0.15) is 13.8 Å². The number of hydrogen-bond donors (Lipinski definition) is 2. The predicted molar refractivity (Wildman–Crippen MR) is 123 cm³/mol. The SMILES string of the molecule is CCn1c(SCC(=O)Nc2cc(NC(C)=O)ccc2OC)nnc1-c1ccc(Cl)cc1. The van der Waals surface area contributed by atoms with Gasteiger partial charge in [-0.15, -0.1) is 10.2 Å². The van der Waals surface area contributed by atoms with Crippen LogP contribution in [0.3, 0.4) is 0 Å². The van der Waals surface area contributed by atoms with Gasteiger partial charge >= 0.3 is 0 Å². The average Bonchev–Trinajstić information content (AvgIpc) is 3.15. The largest absolute Gasteiger partial charge is 0.495 e. The molecule has 3 aromatic rings. The molecule has 162 valence electrons. The first kappa shape index (κ1) is 22.6. The molecule has 10 heteroatoms. The second kappa shape index (κ2) is 10.3. The van der Waals surface area contributed by atoms with E-state index in [0.717, 1.165) is 5.56 Å². The summed E-state index contributed by atoms with van der Waals surface area (Å²) in [5.41, 5.74) is 1.93. The number of halogens is 1. The average molecular weight is 460 g/mol. The number of methoxy groups -OCH3 is 1. The third kappa shape index (κ3) is 5.77. The third-order valence-electron chi connectivity index (χ3n) is 4.26. The van der Waals surface area contributed by atoms with E-state index in [0.29, 0.717) is 39.7 Å². The molecule has 0 fully saturated rings. The van der Waals surface area contributed by atoms with Crippen LogP contribution in [0.2, 0.25) is 5.02 Å². The number of ether oxygens (including phenoxy) is 1. The summed E-state index contributed by atoms with van der Waals surface area (Å²) in [5.74, 6) is 0.906. The molecule has 3 rings (SSSR count). The zero-order valence-corrected chi connectivity index (χ0v) is 18.9. The molecule has 8 nitrogen and oxygen atoms in total. The quantitative estimate of drug-likeness (QED) is 0.487. The van der Waals surface area contributed by atoms with Crippen LogP contribution in [0, 0.1) is 0 Å². The number of amides is 2. The van der Waals surface area contributed by atoms with Crippen molar-refractivity contribution in [2.75, 3.05) is 23.5 Å². The zero-order valence-electron chi connectivity index (χ0n) is 17.3. The summed E-state index contributed by atoms with van der Waals surface area (Å²) < 4.78 is 7.24. The molecule has 0 aliphatic heterocycles. The van der Waals surface area contributed by atoms with E-state index < -0.39 is 0 Å². The molecule has 1 heterocycles. The Balaban J connectivity index is 1.70. The van der Waals surface area contributed by atoms with Crippen molar-refractivity contribution in [2.45, 2.75) is 25.5 Å². The van der Waals surface area contributed by atoms with E-state index in [1.165, 1.54) is 25.8 Å². The lowest BCUT2D eigenvalue weighted by atomic mass is 10.2. The van der Waals surface area contributed by atoms with Crippen LogP contribution in [-0.2, 0) is 16.1 Å². The van der Waals surface area contributed by atoms with Gasteiger partial charge in [0.1, 0.15) is 5.75 Å². The molecule has 2 N–H and O–H groups in total. The second-order valence-electron chi connectivity index (χ2n) is 6.49. The highest BCUT2D eigenvalue weighted by Gasteiger charge is 2.16. The summed E-state index contributed by atoms with van der Waals surface area (Å²) in [6.45, 7) is 4.06. The van der Waals surface area contributed by atoms with E-state index in [1.54, 1.807) is 30.3 Å². The number of hydrogen-bond acceptors (Lipinski definition) is 6. The number of carbonyl (C=O) groups is 2. The Kier molecular flexibility index (Phi) is 7.54. The van der Waals surface area contributed by atoms with Crippen molar-refractivity contribution in [3.8, 4) is 17.1 Å². The van der Waals surface area contributed by atoms with Gasteiger partial charge in [-0.25, -0.2) is 0 Å². The monoisotopic (exact) mass is 459 g/mol. The molecule has 0 aliphatic rings. The fourth-order valence-electron chi connectivity index (χ4n) is 2.90. The lowest BCUT2D eigenvalue weighted by molar-refractivity contribution is -0.114. The van der Waals surface area contributed by atoms with Gasteiger partial charge in [-0.1, -0.05) is 23.4 Å². The normalized spacial score (nSPS) is 10.6. The van der Waals surface area contributed by atoms with Gasteiger partial charge < -0.3 is 19.9 Å². The van der Waals surface area contributed by atoms with E-state index in [1.807, 2.05) is 23.6 Å².